The van der Waals surface area contributed by atoms with Gasteiger partial charge in [-0.3, -0.25) is 9.97 Å². The Morgan fingerprint density at radius 3 is 2.27 bits per heavy atom. The van der Waals surface area contributed by atoms with Crippen molar-refractivity contribution < 1.29 is 10.2 Å². The van der Waals surface area contributed by atoms with Crippen LogP contribution >= 0.6 is 0 Å². The second-order valence-electron chi connectivity index (χ2n) is 12.8. The molecular formula is C29H48N2O2. The van der Waals surface area contributed by atoms with Gasteiger partial charge in [0.15, 0.2) is 0 Å². The van der Waals surface area contributed by atoms with Crippen LogP contribution in [0, 0.1) is 52.3 Å². The molecule has 0 aliphatic heterocycles. The Labute approximate surface area is 202 Å². The average molecular weight is 457 g/mol. The van der Waals surface area contributed by atoms with Crippen molar-refractivity contribution in [2.75, 3.05) is 13.2 Å². The summed E-state index contributed by atoms with van der Waals surface area (Å²) < 4.78 is 0. The van der Waals surface area contributed by atoms with Gasteiger partial charge in [-0.1, -0.05) is 53.9 Å². The van der Waals surface area contributed by atoms with Crippen LogP contribution < -0.4 is 0 Å². The van der Waals surface area contributed by atoms with E-state index in [0.717, 1.165) is 48.4 Å². The van der Waals surface area contributed by atoms with Gasteiger partial charge in [-0.2, -0.15) is 0 Å². The Hall–Kier alpha value is -1.00. The predicted octanol–water partition coefficient (Wildman–Crippen LogP) is 5.70. The number of aliphatic hydroxyl groups excluding tert-OH is 2. The molecule has 1 unspecified atom stereocenters. The highest BCUT2D eigenvalue weighted by molar-refractivity contribution is 5.21. The first-order chi connectivity index (χ1) is 15.7. The monoisotopic (exact) mass is 456 g/mol. The van der Waals surface area contributed by atoms with E-state index in [2.05, 4.69) is 44.6 Å². The summed E-state index contributed by atoms with van der Waals surface area (Å²) in [7, 11) is 0. The first kappa shape index (κ1) is 25.1. The van der Waals surface area contributed by atoms with Crippen molar-refractivity contribution >= 4 is 0 Å². The third-order valence-corrected chi connectivity index (χ3v) is 10.7. The van der Waals surface area contributed by atoms with E-state index >= 15 is 0 Å². The van der Waals surface area contributed by atoms with Gasteiger partial charge in [0, 0.05) is 25.6 Å². The first-order valence-electron chi connectivity index (χ1n) is 13.7. The highest BCUT2D eigenvalue weighted by atomic mass is 16.3. The van der Waals surface area contributed by atoms with Crippen molar-refractivity contribution in [3.8, 4) is 0 Å². The fraction of sp³-hybridized carbons (Fsp3) is 0.862. The van der Waals surface area contributed by atoms with Gasteiger partial charge in [-0.25, -0.2) is 0 Å². The summed E-state index contributed by atoms with van der Waals surface area (Å²) in [5, 5.41) is 21.2. The van der Waals surface area contributed by atoms with Crippen LogP contribution in [0.3, 0.4) is 0 Å². The third kappa shape index (κ3) is 4.51. The molecule has 3 aliphatic carbocycles. The number of hydrogen-bond donors (Lipinski definition) is 2. The summed E-state index contributed by atoms with van der Waals surface area (Å²) in [5.74, 6) is 3.90. The highest BCUT2D eigenvalue weighted by Crippen LogP contribution is 2.64. The second-order valence-corrected chi connectivity index (χ2v) is 12.8. The molecule has 4 heteroatoms. The minimum absolute atomic E-state index is 0.0342. The molecule has 2 fully saturated rings. The lowest BCUT2D eigenvalue weighted by Crippen LogP contribution is -2.53. The Bertz CT molecular complexity index is 798. The maximum Gasteiger partial charge on any atom is 0.0624 e. The lowest BCUT2D eigenvalue weighted by molar-refractivity contribution is -0.0945. The smallest absolute Gasteiger partial charge is 0.0624 e. The van der Waals surface area contributed by atoms with Gasteiger partial charge in [-0.05, 0) is 90.8 Å². The van der Waals surface area contributed by atoms with E-state index in [1.54, 1.807) is 6.20 Å². The Morgan fingerprint density at radius 1 is 0.909 bits per heavy atom. The largest absolute Gasteiger partial charge is 0.396 e. The Kier molecular flexibility index (Phi) is 7.56. The number of nitrogens with zero attached hydrogens (tertiary/aromatic N) is 2. The van der Waals surface area contributed by atoms with Crippen molar-refractivity contribution in [3.63, 3.8) is 0 Å². The molecule has 186 valence electrons. The van der Waals surface area contributed by atoms with Crippen LogP contribution in [0.2, 0.25) is 0 Å². The zero-order valence-electron chi connectivity index (χ0n) is 21.8. The second kappa shape index (κ2) is 9.93. The van der Waals surface area contributed by atoms with Crippen LogP contribution in [0.1, 0.15) is 91.0 Å². The van der Waals surface area contributed by atoms with Crippen LogP contribution in [0.15, 0.2) is 12.4 Å². The highest BCUT2D eigenvalue weighted by Gasteiger charge is 2.59. The van der Waals surface area contributed by atoms with E-state index in [1.807, 2.05) is 6.20 Å². The minimum atomic E-state index is -0.0342. The predicted molar refractivity (Wildman–Crippen MR) is 134 cm³/mol. The van der Waals surface area contributed by atoms with Crippen LogP contribution in [0.25, 0.3) is 0 Å². The van der Waals surface area contributed by atoms with Gasteiger partial charge in [0.05, 0.1) is 11.4 Å². The zero-order valence-corrected chi connectivity index (χ0v) is 21.8. The van der Waals surface area contributed by atoms with Crippen molar-refractivity contribution in [3.05, 3.63) is 23.8 Å². The summed E-state index contributed by atoms with van der Waals surface area (Å²) in [6.45, 7) is 12.6. The SMILES string of the molecule is CC(C)CCCC(C)[C@H]1CC[C@H]2[C@H](CO)[C@@H]([C@@]3(C)Cc4nccnc4C[C@@H]3CO)CC[C@]12C. The molecule has 4 nitrogen and oxygen atoms in total. The van der Waals surface area contributed by atoms with Gasteiger partial charge in [-0.15, -0.1) is 0 Å². The van der Waals surface area contributed by atoms with Gasteiger partial charge in [0.2, 0.25) is 0 Å². The molecule has 0 aromatic carbocycles. The van der Waals surface area contributed by atoms with Gasteiger partial charge in [0.1, 0.15) is 0 Å². The molecular weight excluding hydrogens is 408 g/mol. The van der Waals surface area contributed by atoms with Crippen LogP contribution in [-0.2, 0) is 12.8 Å². The first-order valence-corrected chi connectivity index (χ1v) is 13.7. The molecule has 0 spiro atoms. The summed E-state index contributed by atoms with van der Waals surface area (Å²) in [6, 6.07) is 0. The van der Waals surface area contributed by atoms with Gasteiger partial charge >= 0.3 is 0 Å². The summed E-state index contributed by atoms with van der Waals surface area (Å²) >= 11 is 0. The maximum atomic E-state index is 10.8. The number of rotatable bonds is 8. The summed E-state index contributed by atoms with van der Waals surface area (Å²) in [4.78, 5) is 9.25. The maximum absolute atomic E-state index is 10.8. The topological polar surface area (TPSA) is 66.2 Å². The number of hydrogen-bond acceptors (Lipinski definition) is 4. The molecule has 1 aromatic rings. The van der Waals surface area contributed by atoms with Crippen LogP contribution in [0.5, 0.6) is 0 Å². The molecule has 4 rings (SSSR count). The summed E-state index contributed by atoms with van der Waals surface area (Å²) in [6.07, 6.45) is 14.3. The summed E-state index contributed by atoms with van der Waals surface area (Å²) in [5.41, 5.74) is 2.48. The molecule has 1 heterocycles. The number of aliphatic hydroxyl groups is 2. The lowest BCUT2D eigenvalue weighted by atomic mass is 9.48. The molecule has 0 amide bonds. The van der Waals surface area contributed by atoms with Crippen LogP contribution in [0.4, 0.5) is 0 Å². The molecule has 1 aromatic heterocycles. The van der Waals surface area contributed by atoms with Gasteiger partial charge < -0.3 is 10.2 Å². The Morgan fingerprint density at radius 2 is 1.61 bits per heavy atom. The van der Waals surface area contributed by atoms with Crippen molar-refractivity contribution in [2.24, 2.45) is 52.3 Å². The molecule has 3 aliphatic rings. The van der Waals surface area contributed by atoms with Crippen molar-refractivity contribution in [2.45, 2.75) is 92.4 Å². The molecule has 2 N–H and O–H groups in total. The normalized spacial score (nSPS) is 39.3. The van der Waals surface area contributed by atoms with Gasteiger partial charge in [0.25, 0.3) is 0 Å². The molecule has 2 saturated carbocycles. The minimum Gasteiger partial charge on any atom is -0.396 e. The molecule has 0 bridgehead atoms. The number of fused-ring (bicyclic) bond motifs is 2. The van der Waals surface area contributed by atoms with E-state index in [9.17, 15) is 10.2 Å². The van der Waals surface area contributed by atoms with E-state index < -0.39 is 0 Å². The quantitative estimate of drug-likeness (QED) is 0.526. The third-order valence-electron chi connectivity index (χ3n) is 10.7. The molecule has 0 saturated heterocycles. The van der Waals surface area contributed by atoms with Crippen molar-refractivity contribution in [1.29, 1.82) is 0 Å². The number of aromatic nitrogens is 2. The fourth-order valence-corrected chi connectivity index (χ4v) is 8.78. The molecule has 8 atom stereocenters. The van der Waals surface area contributed by atoms with E-state index in [0.29, 0.717) is 23.2 Å². The van der Waals surface area contributed by atoms with E-state index in [1.165, 1.54) is 38.5 Å². The van der Waals surface area contributed by atoms with Crippen molar-refractivity contribution in [1.82, 2.24) is 9.97 Å². The zero-order chi connectivity index (χ0) is 23.8. The Balaban J connectivity index is 1.55. The molecule has 33 heavy (non-hydrogen) atoms. The lowest BCUT2D eigenvalue weighted by Gasteiger charge is -2.56. The molecule has 0 radical (unpaired) electrons. The average Bonchev–Trinajstić information content (AvgIpc) is 3.14. The standard InChI is InChI=1S/C29H48N2O2/c1-19(2)7-6-8-20(3)23-9-10-24-22(18-33)25(11-12-28(23,24)4)29(5)16-27-26(15-21(29)17-32)30-13-14-31-27/h13-14,19-25,32-33H,6-12,15-18H2,1-5H3/t20?,21-,22+,23-,24+,25+,28-,29+/m1/s1. The fourth-order valence-electron chi connectivity index (χ4n) is 8.78. The van der Waals surface area contributed by atoms with E-state index in [-0.39, 0.29) is 24.5 Å². The van der Waals surface area contributed by atoms with Crippen LogP contribution in [-0.4, -0.2) is 33.4 Å². The van der Waals surface area contributed by atoms with E-state index in [4.69, 9.17) is 0 Å².